The Morgan fingerprint density at radius 3 is 2.62 bits per heavy atom. The molecule has 0 fully saturated rings. The molecule has 0 aliphatic carbocycles. The Balaban J connectivity index is 2.03. The highest BCUT2D eigenvalue weighted by Gasteiger charge is 2.31. The highest BCUT2D eigenvalue weighted by atomic mass is 16.6. The number of anilines is 1. The molecule has 21 heavy (non-hydrogen) atoms. The summed E-state index contributed by atoms with van der Waals surface area (Å²) in [5.74, 6) is 0. The minimum Gasteiger partial charge on any atom is -0.285 e. The Labute approximate surface area is 124 Å². The van der Waals surface area contributed by atoms with E-state index in [-0.39, 0.29) is 12.1 Å². The third kappa shape index (κ3) is 2.62. The fraction of sp³-hybridized carbons (Fsp3) is 0.235. The second kappa shape index (κ2) is 5.97. The summed E-state index contributed by atoms with van der Waals surface area (Å²) in [6.07, 6.45) is 1.87. The van der Waals surface area contributed by atoms with Gasteiger partial charge in [-0.25, -0.2) is 10.3 Å². The Morgan fingerprint density at radius 1 is 1.14 bits per heavy atom. The monoisotopic (exact) mass is 282 g/mol. The van der Waals surface area contributed by atoms with Crippen LogP contribution in [0.15, 0.2) is 54.6 Å². The molecule has 3 rings (SSSR count). The van der Waals surface area contributed by atoms with E-state index in [1.807, 2.05) is 36.4 Å². The van der Waals surface area contributed by atoms with E-state index < -0.39 is 0 Å². The molecule has 2 amide bonds. The maximum Gasteiger partial charge on any atom is 0.346 e. The van der Waals surface area contributed by atoms with Crippen molar-refractivity contribution in [2.45, 2.75) is 18.9 Å². The summed E-state index contributed by atoms with van der Waals surface area (Å²) in [5, 5.41) is 0. The highest BCUT2D eigenvalue weighted by Crippen LogP contribution is 2.38. The summed E-state index contributed by atoms with van der Waals surface area (Å²) >= 11 is 0. The number of fused-ring (bicyclic) bond motifs is 1. The van der Waals surface area contributed by atoms with Crippen molar-refractivity contribution in [1.29, 1.82) is 0 Å². The first kappa shape index (κ1) is 13.6. The molecule has 1 atom stereocenters. The summed E-state index contributed by atoms with van der Waals surface area (Å²) in [7, 11) is 1.45. The molecule has 108 valence electrons. The Hall–Kier alpha value is -2.33. The first-order chi connectivity index (χ1) is 10.3. The maximum absolute atomic E-state index is 12.4. The lowest BCUT2D eigenvalue weighted by Crippen LogP contribution is -2.44. The third-order valence-corrected chi connectivity index (χ3v) is 3.84. The molecular weight excluding hydrogens is 264 g/mol. The molecule has 0 aromatic heterocycles. The van der Waals surface area contributed by atoms with Gasteiger partial charge in [-0.1, -0.05) is 48.5 Å². The Kier molecular flexibility index (Phi) is 3.88. The number of hydrogen-bond donors (Lipinski definition) is 1. The van der Waals surface area contributed by atoms with E-state index in [1.165, 1.54) is 12.7 Å². The van der Waals surface area contributed by atoms with E-state index in [2.05, 4.69) is 23.7 Å². The summed E-state index contributed by atoms with van der Waals surface area (Å²) in [4.78, 5) is 19.0. The molecule has 1 N–H and O–H groups in total. The number of para-hydroxylation sites is 1. The van der Waals surface area contributed by atoms with Crippen LogP contribution in [0.25, 0.3) is 0 Å². The van der Waals surface area contributed by atoms with Crippen molar-refractivity contribution >= 4 is 11.7 Å². The standard InChI is InChI=1S/C17H18N2O2/c1-21-18-17(20)19-15-10-6-5-9-14(15)11-12-16(19)13-7-3-2-4-8-13/h2-10,16H,11-12H2,1H3,(H,18,20). The number of hydroxylamine groups is 1. The average molecular weight is 282 g/mol. The summed E-state index contributed by atoms with van der Waals surface area (Å²) < 4.78 is 0. The van der Waals surface area contributed by atoms with Gasteiger partial charge in [0.2, 0.25) is 0 Å². The van der Waals surface area contributed by atoms with Gasteiger partial charge in [0.25, 0.3) is 0 Å². The molecule has 0 saturated heterocycles. The molecule has 1 aliphatic rings. The van der Waals surface area contributed by atoms with Gasteiger partial charge in [0.05, 0.1) is 13.2 Å². The van der Waals surface area contributed by atoms with Crippen molar-refractivity contribution in [3.05, 3.63) is 65.7 Å². The molecule has 4 heteroatoms. The summed E-state index contributed by atoms with van der Waals surface area (Å²) in [5.41, 5.74) is 5.72. The number of hydrogen-bond acceptors (Lipinski definition) is 2. The van der Waals surface area contributed by atoms with Crippen molar-refractivity contribution in [3.63, 3.8) is 0 Å². The van der Waals surface area contributed by atoms with Gasteiger partial charge < -0.3 is 0 Å². The molecule has 2 aromatic carbocycles. The fourth-order valence-corrected chi connectivity index (χ4v) is 2.92. The molecule has 1 unspecified atom stereocenters. The van der Waals surface area contributed by atoms with Crippen molar-refractivity contribution in [2.24, 2.45) is 0 Å². The normalized spacial score (nSPS) is 17.2. The molecule has 0 spiro atoms. The van der Waals surface area contributed by atoms with Crippen LogP contribution >= 0.6 is 0 Å². The minimum atomic E-state index is -0.237. The predicted molar refractivity (Wildman–Crippen MR) is 82.0 cm³/mol. The Bertz CT molecular complexity index is 628. The molecule has 0 bridgehead atoms. The van der Waals surface area contributed by atoms with Crippen LogP contribution < -0.4 is 10.4 Å². The van der Waals surface area contributed by atoms with Gasteiger partial charge in [-0.05, 0) is 30.0 Å². The average Bonchev–Trinajstić information content (AvgIpc) is 2.54. The molecule has 2 aromatic rings. The van der Waals surface area contributed by atoms with Crippen LogP contribution in [0.2, 0.25) is 0 Å². The zero-order chi connectivity index (χ0) is 14.7. The largest absolute Gasteiger partial charge is 0.346 e. The van der Waals surface area contributed by atoms with E-state index in [0.29, 0.717) is 0 Å². The van der Waals surface area contributed by atoms with E-state index in [1.54, 1.807) is 4.90 Å². The van der Waals surface area contributed by atoms with Gasteiger partial charge in [0.15, 0.2) is 0 Å². The van der Waals surface area contributed by atoms with E-state index >= 15 is 0 Å². The van der Waals surface area contributed by atoms with Crippen LogP contribution in [0, 0.1) is 0 Å². The second-order valence-electron chi connectivity index (χ2n) is 5.08. The molecule has 0 radical (unpaired) electrons. The van der Waals surface area contributed by atoms with Crippen molar-refractivity contribution in [1.82, 2.24) is 5.48 Å². The molecule has 4 nitrogen and oxygen atoms in total. The van der Waals surface area contributed by atoms with Crippen LogP contribution in [0.4, 0.5) is 10.5 Å². The first-order valence-corrected chi connectivity index (χ1v) is 7.06. The van der Waals surface area contributed by atoms with E-state index in [9.17, 15) is 4.79 Å². The quantitative estimate of drug-likeness (QED) is 0.857. The topological polar surface area (TPSA) is 41.6 Å². The van der Waals surface area contributed by atoms with Gasteiger partial charge in [-0.3, -0.25) is 9.74 Å². The second-order valence-corrected chi connectivity index (χ2v) is 5.08. The van der Waals surface area contributed by atoms with E-state index in [0.717, 1.165) is 24.1 Å². The molecule has 0 saturated carbocycles. The number of nitrogens with one attached hydrogen (secondary N) is 1. The van der Waals surface area contributed by atoms with Crippen LogP contribution in [-0.2, 0) is 11.3 Å². The zero-order valence-corrected chi connectivity index (χ0v) is 12.0. The number of urea groups is 1. The van der Waals surface area contributed by atoms with Crippen molar-refractivity contribution in [3.8, 4) is 0 Å². The molecule has 1 aliphatic heterocycles. The van der Waals surface area contributed by atoms with Crippen LogP contribution in [0.5, 0.6) is 0 Å². The number of rotatable bonds is 2. The van der Waals surface area contributed by atoms with Crippen LogP contribution in [0.1, 0.15) is 23.6 Å². The minimum absolute atomic E-state index is 0.0243. The molecular formula is C17H18N2O2. The number of amides is 2. The van der Waals surface area contributed by atoms with Gasteiger partial charge >= 0.3 is 6.03 Å². The predicted octanol–water partition coefficient (Wildman–Crippen LogP) is 3.45. The van der Waals surface area contributed by atoms with Gasteiger partial charge in [-0.2, -0.15) is 0 Å². The van der Waals surface area contributed by atoms with Crippen LogP contribution in [-0.4, -0.2) is 13.1 Å². The van der Waals surface area contributed by atoms with Gasteiger partial charge in [0.1, 0.15) is 0 Å². The lowest BCUT2D eigenvalue weighted by molar-refractivity contribution is 0.109. The van der Waals surface area contributed by atoms with Crippen molar-refractivity contribution in [2.75, 3.05) is 12.0 Å². The smallest absolute Gasteiger partial charge is 0.285 e. The Morgan fingerprint density at radius 2 is 1.86 bits per heavy atom. The van der Waals surface area contributed by atoms with Crippen LogP contribution in [0.3, 0.4) is 0 Å². The highest BCUT2D eigenvalue weighted by molar-refractivity contribution is 5.93. The third-order valence-electron chi connectivity index (χ3n) is 3.84. The number of carbonyl (C=O) groups excluding carboxylic acids is 1. The van der Waals surface area contributed by atoms with E-state index in [4.69, 9.17) is 4.84 Å². The van der Waals surface area contributed by atoms with Gasteiger partial charge in [-0.15, -0.1) is 0 Å². The fourth-order valence-electron chi connectivity index (χ4n) is 2.92. The maximum atomic E-state index is 12.4. The van der Waals surface area contributed by atoms with Crippen molar-refractivity contribution < 1.29 is 9.63 Å². The van der Waals surface area contributed by atoms with Gasteiger partial charge in [0, 0.05) is 5.69 Å². The molecule has 1 heterocycles. The zero-order valence-electron chi connectivity index (χ0n) is 12.0. The first-order valence-electron chi connectivity index (χ1n) is 7.06. The number of carbonyl (C=O) groups is 1. The number of nitrogens with zero attached hydrogens (tertiary/aromatic N) is 1. The summed E-state index contributed by atoms with van der Waals surface area (Å²) in [6.45, 7) is 0. The number of benzene rings is 2. The lowest BCUT2D eigenvalue weighted by atomic mass is 9.91. The summed E-state index contributed by atoms with van der Waals surface area (Å²) in [6, 6.07) is 17.9. The SMILES string of the molecule is CONC(=O)N1c2ccccc2CCC1c1ccccc1. The lowest BCUT2D eigenvalue weighted by Gasteiger charge is -2.37. The number of aryl methyl sites for hydroxylation is 1.